The van der Waals surface area contributed by atoms with Gasteiger partial charge in [0.25, 0.3) is 5.91 Å². The van der Waals surface area contributed by atoms with Crippen LogP contribution in [0, 0.1) is 0 Å². The molecule has 1 fully saturated rings. The smallest absolute Gasteiger partial charge is 0.252 e. The molecule has 0 spiro atoms. The molecule has 1 aliphatic rings. The van der Waals surface area contributed by atoms with E-state index in [-0.39, 0.29) is 16.8 Å². The van der Waals surface area contributed by atoms with Crippen LogP contribution in [0.25, 0.3) is 0 Å². The van der Waals surface area contributed by atoms with Gasteiger partial charge in [0.1, 0.15) is 0 Å². The molecule has 1 atom stereocenters. The zero-order chi connectivity index (χ0) is 18.7. The minimum atomic E-state index is -3.56. The van der Waals surface area contributed by atoms with Crippen molar-refractivity contribution in [3.63, 3.8) is 0 Å². The zero-order valence-electron chi connectivity index (χ0n) is 14.5. The Bertz CT molecular complexity index is 894. The molecule has 1 amide bonds. The van der Waals surface area contributed by atoms with Crippen molar-refractivity contribution in [2.45, 2.75) is 30.7 Å². The van der Waals surface area contributed by atoms with Gasteiger partial charge < -0.3 is 5.32 Å². The first-order chi connectivity index (χ1) is 12.4. The number of halogens is 1. The SMILES string of the molecule is CC(NC(=O)c1cc(S(=O)(=O)N2CCCC2)ccc1Br)c1ccccc1. The highest BCUT2D eigenvalue weighted by Gasteiger charge is 2.28. The van der Waals surface area contributed by atoms with Crippen LogP contribution in [0.1, 0.15) is 41.7 Å². The molecule has 5 nitrogen and oxygen atoms in total. The third-order valence-electron chi connectivity index (χ3n) is 4.53. The maximum Gasteiger partial charge on any atom is 0.252 e. The molecule has 1 N–H and O–H groups in total. The van der Waals surface area contributed by atoms with E-state index in [1.165, 1.54) is 16.4 Å². The highest BCUT2D eigenvalue weighted by atomic mass is 79.9. The van der Waals surface area contributed by atoms with Crippen molar-refractivity contribution >= 4 is 31.9 Å². The molecule has 0 aromatic heterocycles. The van der Waals surface area contributed by atoms with Crippen molar-refractivity contribution in [2.24, 2.45) is 0 Å². The van der Waals surface area contributed by atoms with Crippen LogP contribution in [0.5, 0.6) is 0 Å². The Kier molecular flexibility index (Phi) is 5.79. The van der Waals surface area contributed by atoms with E-state index >= 15 is 0 Å². The zero-order valence-corrected chi connectivity index (χ0v) is 16.9. The number of hydrogen-bond donors (Lipinski definition) is 1. The van der Waals surface area contributed by atoms with Crippen LogP contribution in [-0.2, 0) is 10.0 Å². The summed E-state index contributed by atoms with van der Waals surface area (Å²) in [4.78, 5) is 12.9. The standard InChI is InChI=1S/C19H21BrN2O3S/c1-14(15-7-3-2-4-8-15)21-19(23)17-13-16(9-10-18(17)20)26(24,25)22-11-5-6-12-22/h2-4,7-10,13-14H,5-6,11-12H2,1H3,(H,21,23). The molecule has 0 saturated carbocycles. The van der Waals surface area contributed by atoms with Crippen LogP contribution >= 0.6 is 15.9 Å². The van der Waals surface area contributed by atoms with Gasteiger partial charge in [-0.25, -0.2) is 8.42 Å². The largest absolute Gasteiger partial charge is 0.345 e. The summed E-state index contributed by atoms with van der Waals surface area (Å²) in [5.74, 6) is -0.313. The molecule has 7 heteroatoms. The van der Waals surface area contributed by atoms with E-state index in [1.807, 2.05) is 37.3 Å². The summed E-state index contributed by atoms with van der Waals surface area (Å²) in [6.45, 7) is 2.96. The first-order valence-corrected chi connectivity index (χ1v) is 10.8. The number of benzene rings is 2. The predicted molar refractivity (Wildman–Crippen MR) is 104 cm³/mol. The Hall–Kier alpha value is -1.70. The maximum atomic E-state index is 12.7. The van der Waals surface area contributed by atoms with E-state index in [1.54, 1.807) is 6.07 Å². The van der Waals surface area contributed by atoms with Crippen LogP contribution in [0.15, 0.2) is 57.9 Å². The van der Waals surface area contributed by atoms with E-state index in [9.17, 15) is 13.2 Å². The lowest BCUT2D eigenvalue weighted by Crippen LogP contribution is -2.29. The van der Waals surface area contributed by atoms with Gasteiger partial charge in [-0.3, -0.25) is 4.79 Å². The van der Waals surface area contributed by atoms with E-state index in [0.717, 1.165) is 18.4 Å². The fourth-order valence-corrected chi connectivity index (χ4v) is 4.99. The topological polar surface area (TPSA) is 66.5 Å². The van der Waals surface area contributed by atoms with Crippen LogP contribution in [0.2, 0.25) is 0 Å². The molecular formula is C19H21BrN2O3S. The van der Waals surface area contributed by atoms with Gasteiger partial charge in [-0.1, -0.05) is 30.3 Å². The summed E-state index contributed by atoms with van der Waals surface area (Å²) in [6, 6.07) is 14.0. The molecule has 2 aromatic carbocycles. The van der Waals surface area contributed by atoms with E-state index in [0.29, 0.717) is 23.1 Å². The molecular weight excluding hydrogens is 416 g/mol. The van der Waals surface area contributed by atoms with Gasteiger partial charge in [-0.2, -0.15) is 4.31 Å². The number of hydrogen-bond acceptors (Lipinski definition) is 3. The molecule has 2 aromatic rings. The van der Waals surface area contributed by atoms with Crippen LogP contribution < -0.4 is 5.32 Å². The minimum Gasteiger partial charge on any atom is -0.345 e. The lowest BCUT2D eigenvalue weighted by Gasteiger charge is -2.18. The van der Waals surface area contributed by atoms with Gasteiger partial charge in [0.05, 0.1) is 16.5 Å². The van der Waals surface area contributed by atoms with E-state index in [2.05, 4.69) is 21.2 Å². The number of nitrogens with zero attached hydrogens (tertiary/aromatic N) is 1. The number of nitrogens with one attached hydrogen (secondary N) is 1. The predicted octanol–water partition coefficient (Wildman–Crippen LogP) is 3.72. The van der Waals surface area contributed by atoms with Crippen LogP contribution in [-0.4, -0.2) is 31.7 Å². The Labute approximate surface area is 162 Å². The molecule has 0 radical (unpaired) electrons. The summed E-state index contributed by atoms with van der Waals surface area (Å²) < 4.78 is 27.5. The first-order valence-electron chi connectivity index (χ1n) is 8.55. The van der Waals surface area contributed by atoms with Gasteiger partial charge in [-0.05, 0) is 59.5 Å². The second-order valence-electron chi connectivity index (χ2n) is 6.36. The fraction of sp³-hybridized carbons (Fsp3) is 0.316. The molecule has 1 heterocycles. The van der Waals surface area contributed by atoms with Crippen molar-refractivity contribution in [1.82, 2.24) is 9.62 Å². The maximum absolute atomic E-state index is 12.7. The number of carbonyl (C=O) groups is 1. The Morgan fingerprint density at radius 1 is 1.12 bits per heavy atom. The average molecular weight is 437 g/mol. The Morgan fingerprint density at radius 3 is 2.42 bits per heavy atom. The van der Waals surface area contributed by atoms with Crippen molar-refractivity contribution in [3.05, 3.63) is 64.1 Å². The second-order valence-corrected chi connectivity index (χ2v) is 9.15. The minimum absolute atomic E-state index is 0.153. The third-order valence-corrected chi connectivity index (χ3v) is 7.12. The van der Waals surface area contributed by atoms with Crippen molar-refractivity contribution in [3.8, 4) is 0 Å². The molecule has 1 aliphatic heterocycles. The molecule has 26 heavy (non-hydrogen) atoms. The lowest BCUT2D eigenvalue weighted by molar-refractivity contribution is 0.0939. The monoisotopic (exact) mass is 436 g/mol. The second kappa shape index (κ2) is 7.90. The summed E-state index contributed by atoms with van der Waals surface area (Å²) in [7, 11) is -3.56. The van der Waals surface area contributed by atoms with Gasteiger partial charge in [0, 0.05) is 17.6 Å². The van der Waals surface area contributed by atoms with Crippen LogP contribution in [0.3, 0.4) is 0 Å². The average Bonchev–Trinajstić information content (AvgIpc) is 3.18. The molecule has 0 aliphatic carbocycles. The Morgan fingerprint density at radius 2 is 1.77 bits per heavy atom. The highest BCUT2D eigenvalue weighted by molar-refractivity contribution is 9.10. The third kappa shape index (κ3) is 4.00. The highest BCUT2D eigenvalue weighted by Crippen LogP contribution is 2.26. The van der Waals surface area contributed by atoms with Gasteiger partial charge in [0.15, 0.2) is 0 Å². The van der Waals surface area contributed by atoms with Crippen molar-refractivity contribution in [1.29, 1.82) is 0 Å². The number of amides is 1. The summed E-state index contributed by atoms with van der Waals surface area (Å²) in [5.41, 5.74) is 1.30. The first kappa shape index (κ1) is 19.1. The molecule has 1 saturated heterocycles. The summed E-state index contributed by atoms with van der Waals surface area (Å²) >= 11 is 3.36. The molecule has 138 valence electrons. The van der Waals surface area contributed by atoms with Crippen molar-refractivity contribution in [2.75, 3.05) is 13.1 Å². The van der Waals surface area contributed by atoms with Crippen molar-refractivity contribution < 1.29 is 13.2 Å². The van der Waals surface area contributed by atoms with Gasteiger partial charge >= 0.3 is 0 Å². The molecule has 1 unspecified atom stereocenters. The fourth-order valence-electron chi connectivity index (χ4n) is 3.02. The van der Waals surface area contributed by atoms with E-state index in [4.69, 9.17) is 0 Å². The number of sulfonamides is 1. The van der Waals surface area contributed by atoms with Crippen LogP contribution in [0.4, 0.5) is 0 Å². The normalized spacial score (nSPS) is 16.4. The number of rotatable bonds is 5. The van der Waals surface area contributed by atoms with Gasteiger partial charge in [0.2, 0.25) is 10.0 Å². The lowest BCUT2D eigenvalue weighted by atomic mass is 10.1. The Balaban J connectivity index is 1.84. The molecule has 0 bridgehead atoms. The quantitative estimate of drug-likeness (QED) is 0.776. The number of carbonyl (C=O) groups excluding carboxylic acids is 1. The summed E-state index contributed by atoms with van der Waals surface area (Å²) in [6.07, 6.45) is 1.75. The molecule has 3 rings (SSSR count). The van der Waals surface area contributed by atoms with Gasteiger partial charge in [-0.15, -0.1) is 0 Å². The summed E-state index contributed by atoms with van der Waals surface area (Å²) in [5, 5.41) is 2.92. The van der Waals surface area contributed by atoms with E-state index < -0.39 is 10.0 Å².